The second kappa shape index (κ2) is 7.48. The van der Waals surface area contributed by atoms with E-state index in [4.69, 9.17) is 4.74 Å². The molecule has 5 rings (SSSR count). The van der Waals surface area contributed by atoms with Crippen LogP contribution in [0.15, 0.2) is 67.1 Å². The minimum Gasteiger partial charge on any atom is -0.497 e. The fraction of sp³-hybridized carbons (Fsp3) is 0.174. The van der Waals surface area contributed by atoms with Crippen molar-refractivity contribution in [2.24, 2.45) is 0 Å². The Morgan fingerprint density at radius 3 is 2.86 bits per heavy atom. The number of anilines is 2. The zero-order valence-corrected chi connectivity index (χ0v) is 16.2. The van der Waals surface area contributed by atoms with Crippen LogP contribution in [0.1, 0.15) is 16.8 Å². The van der Waals surface area contributed by atoms with Crippen LogP contribution in [0.3, 0.4) is 0 Å². The number of nitrogens with zero attached hydrogens (tertiary/aromatic N) is 4. The molecule has 3 heterocycles. The molecule has 0 saturated heterocycles. The zero-order chi connectivity index (χ0) is 19.6. The van der Waals surface area contributed by atoms with Gasteiger partial charge in [-0.2, -0.15) is 0 Å². The van der Waals surface area contributed by atoms with Crippen molar-refractivity contribution in [1.82, 2.24) is 19.9 Å². The van der Waals surface area contributed by atoms with Gasteiger partial charge in [0, 0.05) is 30.6 Å². The highest BCUT2D eigenvalue weighted by atomic mass is 16.5. The number of aromatic nitrogens is 3. The van der Waals surface area contributed by atoms with E-state index < -0.39 is 0 Å². The summed E-state index contributed by atoms with van der Waals surface area (Å²) in [6.07, 6.45) is 3.48. The van der Waals surface area contributed by atoms with Gasteiger partial charge in [0.25, 0.3) is 0 Å². The molecule has 4 aromatic rings. The summed E-state index contributed by atoms with van der Waals surface area (Å²) in [7, 11) is 1.69. The van der Waals surface area contributed by atoms with Crippen LogP contribution in [-0.2, 0) is 19.6 Å². The molecule has 6 nitrogen and oxygen atoms in total. The molecule has 2 aromatic carbocycles. The Bertz CT molecular complexity index is 1180. The third-order valence-electron chi connectivity index (χ3n) is 5.18. The van der Waals surface area contributed by atoms with Crippen LogP contribution in [0, 0.1) is 0 Å². The van der Waals surface area contributed by atoms with E-state index in [0.29, 0.717) is 0 Å². The third kappa shape index (κ3) is 3.62. The van der Waals surface area contributed by atoms with Gasteiger partial charge < -0.3 is 10.1 Å². The summed E-state index contributed by atoms with van der Waals surface area (Å²) in [5.74, 6) is 1.73. The quantitative estimate of drug-likeness (QED) is 0.555. The number of fused-ring (bicyclic) bond motifs is 2. The van der Waals surface area contributed by atoms with Gasteiger partial charge in [0.05, 0.1) is 30.2 Å². The van der Waals surface area contributed by atoms with Gasteiger partial charge in [-0.1, -0.05) is 30.3 Å². The predicted octanol–water partition coefficient (Wildman–Crippen LogP) is 4.29. The van der Waals surface area contributed by atoms with Gasteiger partial charge in [0.2, 0.25) is 0 Å². The monoisotopic (exact) mass is 383 g/mol. The van der Waals surface area contributed by atoms with Crippen LogP contribution < -0.4 is 10.1 Å². The maximum Gasteiger partial charge on any atom is 0.138 e. The molecule has 1 N–H and O–H groups in total. The maximum absolute atomic E-state index is 5.34. The van der Waals surface area contributed by atoms with Crippen molar-refractivity contribution < 1.29 is 4.74 Å². The molecular weight excluding hydrogens is 362 g/mol. The molecule has 0 bridgehead atoms. The minimum atomic E-state index is 0.802. The predicted molar refractivity (Wildman–Crippen MR) is 113 cm³/mol. The van der Waals surface area contributed by atoms with E-state index in [1.54, 1.807) is 13.4 Å². The Morgan fingerprint density at radius 1 is 1.00 bits per heavy atom. The molecule has 0 amide bonds. The normalized spacial score (nSPS) is 13.4. The first-order valence-corrected chi connectivity index (χ1v) is 9.58. The highest BCUT2D eigenvalue weighted by Gasteiger charge is 2.24. The highest BCUT2D eigenvalue weighted by molar-refractivity contribution is 5.82. The number of benzene rings is 2. The van der Waals surface area contributed by atoms with Gasteiger partial charge in [-0.3, -0.25) is 9.88 Å². The molecule has 1 aliphatic heterocycles. The van der Waals surface area contributed by atoms with Crippen LogP contribution in [0.5, 0.6) is 5.75 Å². The topological polar surface area (TPSA) is 63.2 Å². The van der Waals surface area contributed by atoms with Crippen LogP contribution >= 0.6 is 0 Å². The molecule has 2 aromatic heterocycles. The van der Waals surface area contributed by atoms with Gasteiger partial charge in [-0.05, 0) is 29.8 Å². The summed E-state index contributed by atoms with van der Waals surface area (Å²) in [5.41, 5.74) is 5.34. The molecule has 6 heteroatoms. The molecule has 1 aliphatic rings. The summed E-state index contributed by atoms with van der Waals surface area (Å²) >= 11 is 0. The Labute approximate surface area is 169 Å². The lowest BCUT2D eigenvalue weighted by atomic mass is 10.2. The molecule has 0 radical (unpaired) electrons. The third-order valence-corrected chi connectivity index (χ3v) is 5.18. The van der Waals surface area contributed by atoms with E-state index in [-0.39, 0.29) is 0 Å². The van der Waals surface area contributed by atoms with Gasteiger partial charge in [0.1, 0.15) is 17.9 Å². The van der Waals surface area contributed by atoms with Gasteiger partial charge in [-0.25, -0.2) is 9.97 Å². The maximum atomic E-state index is 5.34. The van der Waals surface area contributed by atoms with E-state index in [1.165, 1.54) is 5.56 Å². The summed E-state index contributed by atoms with van der Waals surface area (Å²) in [6, 6.07) is 18.4. The smallest absolute Gasteiger partial charge is 0.138 e. The van der Waals surface area contributed by atoms with E-state index >= 15 is 0 Å². The van der Waals surface area contributed by atoms with E-state index in [1.807, 2.05) is 36.5 Å². The first kappa shape index (κ1) is 17.6. The first-order chi connectivity index (χ1) is 14.3. The number of hydrogen-bond donors (Lipinski definition) is 1. The highest BCUT2D eigenvalue weighted by Crippen LogP contribution is 2.30. The average molecular weight is 383 g/mol. The van der Waals surface area contributed by atoms with Gasteiger partial charge >= 0.3 is 0 Å². The van der Waals surface area contributed by atoms with E-state index in [2.05, 4.69) is 49.4 Å². The van der Waals surface area contributed by atoms with Gasteiger partial charge in [-0.15, -0.1) is 0 Å². The standard InChI is InChI=1S/C23H21N5O/c1-29-19-7-4-5-16(9-19)12-28-13-20-22(14-28)25-15-26-23(20)27-18-10-17-6-2-3-8-21(17)24-11-18/h2-11,15H,12-14H2,1H3,(H,25,26,27). The Morgan fingerprint density at radius 2 is 1.93 bits per heavy atom. The summed E-state index contributed by atoms with van der Waals surface area (Å²) in [6.45, 7) is 2.45. The SMILES string of the molecule is COc1cccc(CN2Cc3ncnc(Nc4cnc5ccccc5c4)c3C2)c1. The fourth-order valence-electron chi connectivity index (χ4n) is 3.77. The van der Waals surface area contributed by atoms with Gasteiger partial charge in [0.15, 0.2) is 0 Å². The fourth-order valence-corrected chi connectivity index (χ4v) is 3.77. The molecular formula is C23H21N5O. The lowest BCUT2D eigenvalue weighted by molar-refractivity contribution is 0.273. The second-order valence-corrected chi connectivity index (χ2v) is 7.19. The molecule has 0 atom stereocenters. The Hall–Kier alpha value is -3.51. The number of nitrogens with one attached hydrogen (secondary N) is 1. The number of methoxy groups -OCH3 is 1. The van der Waals surface area contributed by atoms with Crippen LogP contribution in [0.2, 0.25) is 0 Å². The number of hydrogen-bond acceptors (Lipinski definition) is 6. The van der Waals surface area contributed by atoms with Crippen molar-refractivity contribution in [3.63, 3.8) is 0 Å². The Balaban J connectivity index is 1.36. The number of rotatable bonds is 5. The largest absolute Gasteiger partial charge is 0.497 e. The lowest BCUT2D eigenvalue weighted by Gasteiger charge is -2.15. The lowest BCUT2D eigenvalue weighted by Crippen LogP contribution is -2.15. The molecule has 0 fully saturated rings. The minimum absolute atomic E-state index is 0.802. The average Bonchev–Trinajstić information content (AvgIpc) is 3.17. The van der Waals surface area contributed by atoms with Crippen molar-refractivity contribution in [2.75, 3.05) is 12.4 Å². The molecule has 144 valence electrons. The van der Waals surface area contributed by atoms with Crippen molar-refractivity contribution in [3.05, 3.63) is 83.9 Å². The van der Waals surface area contributed by atoms with Crippen molar-refractivity contribution in [2.45, 2.75) is 19.6 Å². The van der Waals surface area contributed by atoms with Crippen molar-refractivity contribution >= 4 is 22.4 Å². The van der Waals surface area contributed by atoms with Crippen LogP contribution in [0.25, 0.3) is 10.9 Å². The van der Waals surface area contributed by atoms with Crippen molar-refractivity contribution in [1.29, 1.82) is 0 Å². The molecule has 0 spiro atoms. The number of pyridine rings is 1. The second-order valence-electron chi connectivity index (χ2n) is 7.19. The van der Waals surface area contributed by atoms with E-state index in [9.17, 15) is 0 Å². The summed E-state index contributed by atoms with van der Waals surface area (Å²) in [4.78, 5) is 15.9. The zero-order valence-electron chi connectivity index (χ0n) is 16.2. The molecule has 0 unspecified atom stereocenters. The first-order valence-electron chi connectivity index (χ1n) is 9.58. The number of ether oxygens (including phenoxy) is 1. The summed E-state index contributed by atoms with van der Waals surface area (Å²) < 4.78 is 5.34. The molecule has 29 heavy (non-hydrogen) atoms. The molecule has 0 aliphatic carbocycles. The van der Waals surface area contributed by atoms with E-state index in [0.717, 1.165) is 59.0 Å². The molecule has 0 saturated carbocycles. The van der Waals surface area contributed by atoms with Crippen LogP contribution in [-0.4, -0.2) is 27.0 Å². The Kier molecular flexibility index (Phi) is 4.54. The number of para-hydroxylation sites is 1. The van der Waals surface area contributed by atoms with Crippen LogP contribution in [0.4, 0.5) is 11.5 Å². The van der Waals surface area contributed by atoms with Crippen molar-refractivity contribution in [3.8, 4) is 5.75 Å². The summed E-state index contributed by atoms with van der Waals surface area (Å²) in [5, 5.41) is 4.54.